The lowest BCUT2D eigenvalue weighted by atomic mass is 9.97. The summed E-state index contributed by atoms with van der Waals surface area (Å²) in [6.45, 7) is 7.49. The largest absolute Gasteiger partial charge is 0.314 e. The van der Waals surface area contributed by atoms with Gasteiger partial charge >= 0.3 is 0 Å². The zero-order valence-corrected chi connectivity index (χ0v) is 12.7. The van der Waals surface area contributed by atoms with Gasteiger partial charge in [0.05, 0.1) is 0 Å². The van der Waals surface area contributed by atoms with E-state index in [1.165, 1.54) is 22.3 Å². The van der Waals surface area contributed by atoms with Crippen LogP contribution in [0.4, 0.5) is 0 Å². The van der Waals surface area contributed by atoms with Crippen molar-refractivity contribution in [1.82, 2.24) is 10.3 Å². The van der Waals surface area contributed by atoms with Crippen LogP contribution in [0.5, 0.6) is 0 Å². The topological polar surface area (TPSA) is 24.9 Å². The van der Waals surface area contributed by atoms with Gasteiger partial charge in [-0.3, -0.25) is 4.98 Å². The number of rotatable bonds is 6. The maximum absolute atomic E-state index is 4.21. The molecule has 1 atom stereocenters. The number of pyridine rings is 1. The van der Waals surface area contributed by atoms with Crippen LogP contribution in [0.15, 0.2) is 42.7 Å². The molecule has 0 radical (unpaired) electrons. The zero-order chi connectivity index (χ0) is 14.4. The van der Waals surface area contributed by atoms with E-state index in [-0.39, 0.29) is 0 Å². The Morgan fingerprint density at radius 3 is 2.35 bits per heavy atom. The van der Waals surface area contributed by atoms with E-state index in [1.54, 1.807) is 0 Å². The van der Waals surface area contributed by atoms with E-state index < -0.39 is 0 Å². The lowest BCUT2D eigenvalue weighted by Crippen LogP contribution is -2.33. The Kier molecular flexibility index (Phi) is 5.31. The molecule has 0 fully saturated rings. The molecule has 1 aromatic heterocycles. The lowest BCUT2D eigenvalue weighted by molar-refractivity contribution is 0.520. The van der Waals surface area contributed by atoms with E-state index >= 15 is 0 Å². The molecule has 0 amide bonds. The molecular weight excluding hydrogens is 244 g/mol. The first-order valence-electron chi connectivity index (χ1n) is 7.37. The molecule has 2 heteroatoms. The molecule has 0 aliphatic heterocycles. The minimum atomic E-state index is 0.463. The summed E-state index contributed by atoms with van der Waals surface area (Å²) >= 11 is 0. The van der Waals surface area contributed by atoms with E-state index in [1.807, 2.05) is 18.5 Å². The molecule has 0 saturated carbocycles. The number of benzene rings is 1. The average molecular weight is 268 g/mol. The van der Waals surface area contributed by atoms with Gasteiger partial charge in [-0.2, -0.15) is 0 Å². The molecule has 1 heterocycles. The predicted molar refractivity (Wildman–Crippen MR) is 85.0 cm³/mol. The van der Waals surface area contributed by atoms with Gasteiger partial charge in [0.15, 0.2) is 0 Å². The van der Waals surface area contributed by atoms with Crippen molar-refractivity contribution in [2.75, 3.05) is 6.54 Å². The molecule has 1 aromatic carbocycles. The summed E-state index contributed by atoms with van der Waals surface area (Å²) in [5.41, 5.74) is 5.40. The normalized spacial score (nSPS) is 12.3. The van der Waals surface area contributed by atoms with Gasteiger partial charge in [-0.1, -0.05) is 42.3 Å². The molecule has 0 bridgehead atoms. The summed E-state index contributed by atoms with van der Waals surface area (Å²) in [4.78, 5) is 4.21. The Morgan fingerprint density at radius 1 is 1.05 bits per heavy atom. The molecule has 1 N–H and O–H groups in total. The third kappa shape index (κ3) is 4.46. The molecular formula is C18H24N2. The standard InChI is InChI=1S/C18H24N2/c1-4-20-18(11-16-6-5-7-19-13-16)12-17-9-14(2)8-15(3)10-17/h5-10,13,18,20H,4,11-12H2,1-3H3. The number of hydrogen-bond donors (Lipinski definition) is 1. The molecule has 0 saturated heterocycles. The van der Waals surface area contributed by atoms with Gasteiger partial charge in [0, 0.05) is 18.4 Å². The van der Waals surface area contributed by atoms with Crippen molar-refractivity contribution in [2.24, 2.45) is 0 Å². The molecule has 20 heavy (non-hydrogen) atoms. The molecule has 2 nitrogen and oxygen atoms in total. The monoisotopic (exact) mass is 268 g/mol. The summed E-state index contributed by atoms with van der Waals surface area (Å²) in [5.74, 6) is 0. The van der Waals surface area contributed by atoms with Crippen LogP contribution in [-0.4, -0.2) is 17.6 Å². The first-order valence-corrected chi connectivity index (χ1v) is 7.37. The second-order valence-corrected chi connectivity index (χ2v) is 5.52. The van der Waals surface area contributed by atoms with Crippen LogP contribution in [0, 0.1) is 13.8 Å². The SMILES string of the molecule is CCNC(Cc1cccnc1)Cc1cc(C)cc(C)c1. The fourth-order valence-corrected chi connectivity index (χ4v) is 2.78. The summed E-state index contributed by atoms with van der Waals surface area (Å²) in [7, 11) is 0. The number of aryl methyl sites for hydroxylation is 2. The van der Waals surface area contributed by atoms with Crippen LogP contribution in [0.3, 0.4) is 0 Å². The highest BCUT2D eigenvalue weighted by Gasteiger charge is 2.10. The summed E-state index contributed by atoms with van der Waals surface area (Å²) < 4.78 is 0. The fourth-order valence-electron chi connectivity index (χ4n) is 2.78. The molecule has 0 aliphatic carbocycles. The van der Waals surface area contributed by atoms with Gasteiger partial charge in [-0.25, -0.2) is 0 Å². The van der Waals surface area contributed by atoms with Crippen LogP contribution in [0.2, 0.25) is 0 Å². The van der Waals surface area contributed by atoms with Gasteiger partial charge in [-0.15, -0.1) is 0 Å². The number of hydrogen-bond acceptors (Lipinski definition) is 2. The highest BCUT2D eigenvalue weighted by atomic mass is 14.9. The summed E-state index contributed by atoms with van der Waals surface area (Å²) in [6, 6.07) is 11.4. The van der Waals surface area contributed by atoms with Gasteiger partial charge in [-0.05, 0) is 50.4 Å². The zero-order valence-electron chi connectivity index (χ0n) is 12.7. The van der Waals surface area contributed by atoms with E-state index in [2.05, 4.69) is 55.3 Å². The van der Waals surface area contributed by atoms with Crippen LogP contribution in [-0.2, 0) is 12.8 Å². The van der Waals surface area contributed by atoms with Crippen molar-refractivity contribution in [3.05, 3.63) is 65.0 Å². The third-order valence-corrected chi connectivity index (χ3v) is 3.46. The molecule has 1 unspecified atom stereocenters. The Bertz CT molecular complexity index is 514. The van der Waals surface area contributed by atoms with Crippen LogP contribution in [0.25, 0.3) is 0 Å². The van der Waals surface area contributed by atoms with Crippen molar-refractivity contribution in [2.45, 2.75) is 39.7 Å². The van der Waals surface area contributed by atoms with Crippen molar-refractivity contribution >= 4 is 0 Å². The highest BCUT2D eigenvalue weighted by molar-refractivity contribution is 5.29. The van der Waals surface area contributed by atoms with Crippen molar-refractivity contribution in [3.8, 4) is 0 Å². The number of nitrogens with one attached hydrogen (secondary N) is 1. The molecule has 0 aliphatic rings. The van der Waals surface area contributed by atoms with Gasteiger partial charge in [0.2, 0.25) is 0 Å². The second-order valence-electron chi connectivity index (χ2n) is 5.52. The first kappa shape index (κ1) is 14.7. The molecule has 2 aromatic rings. The Balaban J connectivity index is 2.08. The van der Waals surface area contributed by atoms with Gasteiger partial charge in [0.1, 0.15) is 0 Å². The van der Waals surface area contributed by atoms with Crippen LogP contribution < -0.4 is 5.32 Å². The van der Waals surface area contributed by atoms with Gasteiger partial charge < -0.3 is 5.32 Å². The fraction of sp³-hybridized carbons (Fsp3) is 0.389. The number of likely N-dealkylation sites (N-methyl/N-ethyl adjacent to an activating group) is 1. The van der Waals surface area contributed by atoms with Crippen LogP contribution >= 0.6 is 0 Å². The molecule has 106 valence electrons. The van der Waals surface area contributed by atoms with Gasteiger partial charge in [0.25, 0.3) is 0 Å². The Hall–Kier alpha value is -1.67. The minimum absolute atomic E-state index is 0.463. The highest BCUT2D eigenvalue weighted by Crippen LogP contribution is 2.13. The number of nitrogens with zero attached hydrogens (tertiary/aromatic N) is 1. The molecule has 2 rings (SSSR count). The summed E-state index contributed by atoms with van der Waals surface area (Å²) in [6.07, 6.45) is 5.88. The molecule has 0 spiro atoms. The van der Waals surface area contributed by atoms with E-state index in [9.17, 15) is 0 Å². The van der Waals surface area contributed by atoms with Crippen LogP contribution in [0.1, 0.15) is 29.2 Å². The Labute approximate surface area is 122 Å². The van der Waals surface area contributed by atoms with E-state index in [0.717, 1.165) is 19.4 Å². The summed E-state index contributed by atoms with van der Waals surface area (Å²) in [5, 5.41) is 3.59. The Morgan fingerprint density at radius 2 is 1.75 bits per heavy atom. The number of aromatic nitrogens is 1. The first-order chi connectivity index (χ1) is 9.67. The minimum Gasteiger partial charge on any atom is -0.314 e. The average Bonchev–Trinajstić information content (AvgIpc) is 2.39. The van der Waals surface area contributed by atoms with E-state index in [0.29, 0.717) is 6.04 Å². The third-order valence-electron chi connectivity index (χ3n) is 3.46. The smallest absolute Gasteiger partial charge is 0.0300 e. The van der Waals surface area contributed by atoms with Crippen molar-refractivity contribution in [1.29, 1.82) is 0 Å². The maximum atomic E-state index is 4.21. The van der Waals surface area contributed by atoms with Crippen molar-refractivity contribution < 1.29 is 0 Å². The second kappa shape index (κ2) is 7.20. The predicted octanol–water partition coefficient (Wildman–Crippen LogP) is 3.46. The van der Waals surface area contributed by atoms with Crippen molar-refractivity contribution in [3.63, 3.8) is 0 Å². The quantitative estimate of drug-likeness (QED) is 0.868. The maximum Gasteiger partial charge on any atom is 0.0300 e. The lowest BCUT2D eigenvalue weighted by Gasteiger charge is -2.18. The van der Waals surface area contributed by atoms with E-state index in [4.69, 9.17) is 0 Å².